The van der Waals surface area contributed by atoms with Crippen molar-refractivity contribution in [2.24, 2.45) is 11.7 Å². The summed E-state index contributed by atoms with van der Waals surface area (Å²) in [5.41, 5.74) is 10.7. The lowest BCUT2D eigenvalue weighted by atomic mass is 9.98. The summed E-state index contributed by atoms with van der Waals surface area (Å²) in [5.74, 6) is -12.3. The van der Waals surface area contributed by atoms with E-state index in [1.165, 1.54) is 52.2 Å². The highest BCUT2D eigenvalue weighted by atomic mass is 32.2. The molecule has 113 heavy (non-hydrogen) atoms. The monoisotopic (exact) mass is 1630 g/mol. The Morgan fingerprint density at radius 1 is 0.575 bits per heavy atom. The summed E-state index contributed by atoms with van der Waals surface area (Å²) in [4.78, 5) is 220. The summed E-state index contributed by atoms with van der Waals surface area (Å²) < 4.78 is 16.3. The number of hydrogen-bond donors (Lipinski definition) is 10. The van der Waals surface area contributed by atoms with Crippen molar-refractivity contribution >= 4 is 141 Å². The molecule has 0 saturated carbocycles. The van der Waals surface area contributed by atoms with Gasteiger partial charge in [-0.15, -0.1) is 35.3 Å². The van der Waals surface area contributed by atoms with Crippen LogP contribution in [0.3, 0.4) is 0 Å². The third-order valence-electron chi connectivity index (χ3n) is 17.9. The molecular formula is C77H92N12O20S4. The molecule has 0 aromatic heterocycles. The molecule has 1 aliphatic carbocycles. The number of amides is 12. The second kappa shape index (κ2) is 44.9. The molecular weight excluding hydrogens is 1540 g/mol. The number of likely N-dealkylation sites (tertiary alicyclic amines) is 1. The van der Waals surface area contributed by atoms with Gasteiger partial charge < -0.3 is 82.3 Å². The van der Waals surface area contributed by atoms with Crippen LogP contribution in [0.1, 0.15) is 96.7 Å². The summed E-state index contributed by atoms with van der Waals surface area (Å²) in [6.07, 6.45) is -3.32. The van der Waals surface area contributed by atoms with E-state index in [4.69, 9.17) is 25.1 Å². The number of Topliss-reactive ketones (excluding diaryl/α,β-unsaturated/α-hetero) is 2. The Kier molecular flexibility index (Phi) is 35.5. The van der Waals surface area contributed by atoms with Gasteiger partial charge in [-0.1, -0.05) is 153 Å². The Balaban J connectivity index is 1.05. The zero-order chi connectivity index (χ0) is 82.3. The normalized spacial score (nSPS) is 14.5. The molecule has 0 radical (unpaired) electrons. The predicted molar refractivity (Wildman–Crippen MR) is 423 cm³/mol. The van der Waals surface area contributed by atoms with Crippen molar-refractivity contribution in [1.29, 1.82) is 0 Å². The SMILES string of the molecule is CC[C@H](C)[C@H](NC(=O)OCC1c2ccccc2-c2ccccc21)C(=O)N[C@@H](CSCNC(C)=O)C(=O)N[C@@H](CSCN(C)C(=O)OCC(=O)c1ccccc1)C(=O)N[C@@H](CC(N)=O)C(=O)N1CCC[C@H]1C(=O)N[C@@H](C)C(=O)N[C@@H](CSCN(C)C(=O)OCC(=O)c1ccccc1)C(=O)NCC(=O)Sc1ccc(CC(=O)O)cc1. The molecule has 1 aliphatic heterocycles. The summed E-state index contributed by atoms with van der Waals surface area (Å²) in [6.45, 7) is 4.07. The van der Waals surface area contributed by atoms with Crippen molar-refractivity contribution in [2.75, 3.05) is 81.9 Å². The zero-order valence-corrected chi connectivity index (χ0v) is 66.2. The molecule has 11 N–H and O–H groups in total. The standard InChI is InChI=1S/C77H92N12O20S4/c1-7-45(2)67(86-75(104)107-36-56-54-25-16-14-23-52(54)53-24-15-17-26-55(53)56)73(102)85-59(39-110-42-80-47(4)90)71(100)84-60(41-112-44-88(6)77(106)109-38-63(92)50-21-12-9-13-22-50)70(99)82-57(34-64(78)93)74(103)89-32-18-27-61(89)72(101)81-46(3)68(97)83-58(40-111-43-87(5)76(105)108-37-62(91)49-19-10-8-11-20-49)69(98)79-35-66(96)113-51-30-28-48(29-31-51)33-65(94)95/h8-17,19-26,28-31,45-46,56-61,67H,7,18,27,32-44H2,1-6H3,(H2,78,93)(H,79,98)(H,80,90)(H,81,101)(H,82,99)(H,83,97)(H,84,100)(H,85,102)(H,86,104)(H,94,95)/t45-,46-,57-,58-,59-,60-,61-,67-/m0/s1. The Morgan fingerprint density at radius 2 is 1.07 bits per heavy atom. The minimum Gasteiger partial charge on any atom is -0.481 e. The number of fused-ring (bicyclic) bond motifs is 3. The number of benzene rings is 5. The van der Waals surface area contributed by atoms with E-state index in [0.29, 0.717) is 22.4 Å². The molecule has 1 heterocycles. The minimum absolute atomic E-state index is 0.00242. The third kappa shape index (κ3) is 28.0. The molecule has 36 heteroatoms. The van der Waals surface area contributed by atoms with E-state index >= 15 is 0 Å². The zero-order valence-electron chi connectivity index (χ0n) is 63.0. The molecule has 12 amide bonds. The van der Waals surface area contributed by atoms with Gasteiger partial charge in [-0.05, 0) is 65.6 Å². The van der Waals surface area contributed by atoms with Gasteiger partial charge in [-0.25, -0.2) is 14.4 Å². The molecule has 0 spiro atoms. The Morgan fingerprint density at radius 3 is 1.59 bits per heavy atom. The van der Waals surface area contributed by atoms with Crippen LogP contribution in [-0.2, 0) is 73.4 Å². The Labute approximate surface area is 669 Å². The highest BCUT2D eigenvalue weighted by Crippen LogP contribution is 2.44. The molecule has 8 atom stereocenters. The maximum Gasteiger partial charge on any atom is 0.410 e. The van der Waals surface area contributed by atoms with E-state index in [2.05, 4.69) is 42.5 Å². The van der Waals surface area contributed by atoms with E-state index in [1.54, 1.807) is 74.5 Å². The fourth-order valence-corrected chi connectivity index (χ4v) is 15.1. The van der Waals surface area contributed by atoms with Crippen LogP contribution < -0.4 is 48.3 Å². The molecule has 0 unspecified atom stereocenters. The summed E-state index contributed by atoms with van der Waals surface area (Å²) in [5, 5.41) is 29.3. The van der Waals surface area contributed by atoms with E-state index in [9.17, 15) is 76.7 Å². The molecule has 5 aromatic rings. The molecule has 1 fully saturated rings. The number of aliphatic carboxylic acids is 1. The second-order valence-electron chi connectivity index (χ2n) is 26.4. The van der Waals surface area contributed by atoms with Crippen molar-refractivity contribution in [2.45, 2.75) is 113 Å². The number of hydrogen-bond acceptors (Lipinski definition) is 23. The number of nitrogens with one attached hydrogen (secondary N) is 8. The van der Waals surface area contributed by atoms with Crippen LogP contribution in [0.15, 0.2) is 138 Å². The van der Waals surface area contributed by atoms with Crippen molar-refractivity contribution in [1.82, 2.24) is 57.2 Å². The summed E-state index contributed by atoms with van der Waals surface area (Å²) in [7, 11) is 2.70. The fourth-order valence-electron chi connectivity index (χ4n) is 11.6. The van der Waals surface area contributed by atoms with Gasteiger partial charge in [0.1, 0.15) is 48.9 Å². The second-order valence-corrected chi connectivity index (χ2v) is 30.6. The van der Waals surface area contributed by atoms with Crippen molar-refractivity contribution in [3.05, 3.63) is 161 Å². The first-order valence-electron chi connectivity index (χ1n) is 35.9. The predicted octanol–water partition coefficient (Wildman–Crippen LogP) is 4.42. The number of carboxylic acid groups (broad SMARTS) is 1. The van der Waals surface area contributed by atoms with Crippen LogP contribution in [0.2, 0.25) is 0 Å². The van der Waals surface area contributed by atoms with E-state index in [-0.39, 0.29) is 73.0 Å². The number of ketones is 2. The van der Waals surface area contributed by atoms with Crippen molar-refractivity contribution in [3.63, 3.8) is 0 Å². The van der Waals surface area contributed by atoms with Gasteiger partial charge in [0.15, 0.2) is 24.8 Å². The first kappa shape index (κ1) is 89.2. The molecule has 32 nitrogen and oxygen atoms in total. The number of carbonyl (C=O) groups excluding carboxylic acids is 15. The molecule has 2 aliphatic rings. The largest absolute Gasteiger partial charge is 0.481 e. The number of ether oxygens (including phenoxy) is 3. The van der Waals surface area contributed by atoms with Gasteiger partial charge in [0.25, 0.3) is 0 Å². The number of alkyl carbamates (subject to hydrolysis) is 1. The van der Waals surface area contributed by atoms with Crippen LogP contribution in [0.5, 0.6) is 0 Å². The van der Waals surface area contributed by atoms with Crippen molar-refractivity contribution in [3.8, 4) is 11.1 Å². The van der Waals surface area contributed by atoms with Gasteiger partial charge in [-0.3, -0.25) is 62.3 Å². The third-order valence-corrected chi connectivity index (χ3v) is 21.9. The molecule has 5 aromatic carbocycles. The Bertz CT molecular complexity index is 4200. The van der Waals surface area contributed by atoms with Crippen LogP contribution in [0.4, 0.5) is 14.4 Å². The summed E-state index contributed by atoms with van der Waals surface area (Å²) in [6, 6.07) is 27.2. The average Bonchev–Trinajstić information content (AvgIpc) is 1.61. The smallest absolute Gasteiger partial charge is 0.410 e. The van der Waals surface area contributed by atoms with E-state index < -0.39 is 174 Å². The number of nitrogens with zero attached hydrogens (tertiary/aromatic N) is 3. The molecule has 0 bridgehead atoms. The number of rotatable bonds is 42. The number of primary amides is 1. The molecule has 1 saturated heterocycles. The first-order valence-corrected chi connectivity index (χ1v) is 40.2. The van der Waals surface area contributed by atoms with Crippen molar-refractivity contribution < 1.29 is 96.0 Å². The lowest BCUT2D eigenvalue weighted by Crippen LogP contribution is -2.61. The van der Waals surface area contributed by atoms with Gasteiger partial charge >= 0.3 is 24.2 Å². The maximum atomic E-state index is 14.9. The lowest BCUT2D eigenvalue weighted by Gasteiger charge is -2.30. The highest BCUT2D eigenvalue weighted by molar-refractivity contribution is 8.13. The first-order chi connectivity index (χ1) is 54.0. The van der Waals surface area contributed by atoms with Crippen LogP contribution in [0, 0.1) is 5.92 Å². The Hall–Kier alpha value is -11.0. The minimum atomic E-state index is -1.83. The maximum absolute atomic E-state index is 14.9. The van der Waals surface area contributed by atoms with Gasteiger partial charge in [0, 0.05) is 66.8 Å². The molecule has 604 valence electrons. The highest BCUT2D eigenvalue weighted by Gasteiger charge is 2.41. The topological polar surface area (TPSA) is 453 Å². The van der Waals surface area contributed by atoms with E-state index in [1.807, 2.05) is 48.5 Å². The summed E-state index contributed by atoms with van der Waals surface area (Å²) >= 11 is 3.62. The van der Waals surface area contributed by atoms with Gasteiger partial charge in [-0.2, -0.15) is 0 Å². The number of thioether (sulfide) groups is 4. The van der Waals surface area contributed by atoms with Crippen LogP contribution in [-0.4, -0.2) is 238 Å². The number of carboxylic acids is 1. The van der Waals surface area contributed by atoms with E-state index in [0.717, 1.165) is 84.0 Å². The number of carbonyl (C=O) groups is 16. The van der Waals surface area contributed by atoms with Gasteiger partial charge in [0.2, 0.25) is 58.3 Å². The van der Waals surface area contributed by atoms with Crippen LogP contribution in [0.25, 0.3) is 11.1 Å². The quantitative estimate of drug-likeness (QED) is 0.00849. The fraction of sp³-hybridized carbons (Fsp3) is 0.403. The lowest BCUT2D eigenvalue weighted by molar-refractivity contribution is -0.143. The average molecular weight is 1630 g/mol. The van der Waals surface area contributed by atoms with Gasteiger partial charge in [0.05, 0.1) is 37.0 Å². The number of nitrogens with two attached hydrogens (primary N) is 1. The van der Waals surface area contributed by atoms with Crippen LogP contribution >= 0.6 is 47.0 Å². The molecule has 7 rings (SSSR count).